The van der Waals surface area contributed by atoms with Crippen LogP contribution in [0.4, 0.5) is 0 Å². The van der Waals surface area contributed by atoms with Crippen LogP contribution in [0.1, 0.15) is 10.4 Å². The zero-order valence-electron chi connectivity index (χ0n) is 5.94. The first-order valence-electron chi connectivity index (χ1n) is 3.26. The lowest BCUT2D eigenvalue weighted by Gasteiger charge is -1.93. The molecule has 0 aliphatic carbocycles. The highest BCUT2D eigenvalue weighted by atomic mass is 79.9. The Balaban J connectivity index is 2.88. The van der Waals surface area contributed by atoms with Crippen molar-refractivity contribution in [2.75, 3.05) is 0 Å². The Labute approximate surface area is 76.4 Å². The maximum Gasteiger partial charge on any atom is 0.166 e. The number of aldehydes is 1. The van der Waals surface area contributed by atoms with Gasteiger partial charge in [-0.05, 0) is 22.0 Å². The summed E-state index contributed by atoms with van der Waals surface area (Å²) >= 11 is 3.28. The first-order chi connectivity index (χ1) is 5.83. The second kappa shape index (κ2) is 2.67. The normalized spacial score (nSPS) is 10.4. The summed E-state index contributed by atoms with van der Waals surface area (Å²) in [5.41, 5.74) is 1.07. The third-order valence-corrected chi connectivity index (χ3v) is 2.11. The van der Waals surface area contributed by atoms with Crippen molar-refractivity contribution in [2.24, 2.45) is 0 Å². The average Bonchev–Trinajstić information content (AvgIpc) is 2.49. The molecule has 5 heteroatoms. The van der Waals surface area contributed by atoms with E-state index in [-0.39, 0.29) is 0 Å². The van der Waals surface area contributed by atoms with Crippen molar-refractivity contribution >= 4 is 27.9 Å². The Morgan fingerprint density at radius 3 is 3.17 bits per heavy atom. The van der Waals surface area contributed by atoms with Crippen molar-refractivity contribution < 1.29 is 4.79 Å². The highest BCUT2D eigenvalue weighted by Crippen LogP contribution is 2.12. The van der Waals surface area contributed by atoms with Crippen LogP contribution in [0.15, 0.2) is 23.1 Å². The Hall–Kier alpha value is -1.23. The number of carbonyl (C=O) groups is 1. The van der Waals surface area contributed by atoms with Gasteiger partial charge in [-0.15, -0.1) is 0 Å². The number of rotatable bonds is 1. The van der Waals surface area contributed by atoms with Crippen molar-refractivity contribution in [1.82, 2.24) is 14.6 Å². The molecule has 2 rings (SSSR count). The van der Waals surface area contributed by atoms with E-state index in [0.29, 0.717) is 11.2 Å². The van der Waals surface area contributed by atoms with Crippen LogP contribution in [0.5, 0.6) is 0 Å². The Morgan fingerprint density at radius 2 is 2.42 bits per heavy atom. The Bertz CT molecular complexity index is 437. The maximum absolute atomic E-state index is 10.5. The second-order valence-electron chi connectivity index (χ2n) is 2.22. The molecule has 0 atom stereocenters. The summed E-state index contributed by atoms with van der Waals surface area (Å²) < 4.78 is 2.34. The highest BCUT2D eigenvalue weighted by Gasteiger charge is 2.04. The predicted molar refractivity (Wildman–Crippen MR) is 46.1 cm³/mol. The first-order valence-corrected chi connectivity index (χ1v) is 4.05. The van der Waals surface area contributed by atoms with Gasteiger partial charge in [0.05, 0.1) is 11.8 Å². The van der Waals surface area contributed by atoms with Crippen LogP contribution in [-0.4, -0.2) is 20.9 Å². The van der Waals surface area contributed by atoms with E-state index in [4.69, 9.17) is 0 Å². The molecular weight excluding hydrogens is 222 g/mol. The van der Waals surface area contributed by atoms with Crippen LogP contribution in [0.3, 0.4) is 0 Å². The van der Waals surface area contributed by atoms with Gasteiger partial charge in [-0.25, -0.2) is 9.50 Å². The smallest absolute Gasteiger partial charge is 0.166 e. The number of hydrogen-bond acceptors (Lipinski definition) is 3. The number of nitrogens with zero attached hydrogens (tertiary/aromatic N) is 3. The lowest BCUT2D eigenvalue weighted by molar-refractivity contribution is 0.112. The van der Waals surface area contributed by atoms with E-state index in [1.165, 1.54) is 6.20 Å². The molecule has 0 N–H and O–H groups in total. The van der Waals surface area contributed by atoms with Gasteiger partial charge >= 0.3 is 0 Å². The van der Waals surface area contributed by atoms with Crippen LogP contribution < -0.4 is 0 Å². The second-order valence-corrected chi connectivity index (χ2v) is 3.03. The molecule has 0 amide bonds. The van der Waals surface area contributed by atoms with Crippen molar-refractivity contribution in [1.29, 1.82) is 0 Å². The molecule has 2 aromatic heterocycles. The minimum Gasteiger partial charge on any atom is -0.298 e. The van der Waals surface area contributed by atoms with Gasteiger partial charge in [-0.3, -0.25) is 4.79 Å². The molecular formula is C7H4BrN3O. The zero-order chi connectivity index (χ0) is 8.55. The first kappa shape index (κ1) is 7.42. The van der Waals surface area contributed by atoms with E-state index in [1.807, 2.05) is 0 Å². The molecule has 0 bridgehead atoms. The molecule has 0 radical (unpaired) electrons. The van der Waals surface area contributed by atoms with Gasteiger partial charge in [0.2, 0.25) is 0 Å². The number of fused-ring (bicyclic) bond motifs is 1. The highest BCUT2D eigenvalue weighted by molar-refractivity contribution is 9.10. The van der Waals surface area contributed by atoms with E-state index < -0.39 is 0 Å². The molecule has 0 aliphatic rings. The van der Waals surface area contributed by atoms with Crippen molar-refractivity contribution in [3.05, 3.63) is 28.6 Å². The monoisotopic (exact) mass is 225 g/mol. The molecule has 4 nitrogen and oxygen atoms in total. The molecule has 2 aromatic rings. The summed E-state index contributed by atoms with van der Waals surface area (Å²) in [6.07, 6.45) is 3.84. The van der Waals surface area contributed by atoms with Crippen molar-refractivity contribution in [3.63, 3.8) is 0 Å². The van der Waals surface area contributed by atoms with E-state index in [9.17, 15) is 4.79 Å². The maximum atomic E-state index is 10.5. The van der Waals surface area contributed by atoms with E-state index in [2.05, 4.69) is 26.0 Å². The van der Waals surface area contributed by atoms with E-state index in [1.54, 1.807) is 16.8 Å². The van der Waals surface area contributed by atoms with Gasteiger partial charge in [0.25, 0.3) is 0 Å². The molecule has 0 aliphatic heterocycles. The topological polar surface area (TPSA) is 47.3 Å². The van der Waals surface area contributed by atoms with Crippen LogP contribution in [-0.2, 0) is 0 Å². The SMILES string of the molecule is O=Cc1cnn2c(Br)ccnc12. The molecule has 0 fully saturated rings. The Kier molecular flexibility index (Phi) is 1.65. The minimum absolute atomic E-state index is 0.497. The summed E-state index contributed by atoms with van der Waals surface area (Å²) in [6.45, 7) is 0. The zero-order valence-corrected chi connectivity index (χ0v) is 7.52. The molecule has 60 valence electrons. The number of hydrogen-bond donors (Lipinski definition) is 0. The summed E-state index contributed by atoms with van der Waals surface area (Å²) in [5.74, 6) is 0. The molecule has 0 saturated heterocycles. The van der Waals surface area contributed by atoms with Crippen LogP contribution in [0.2, 0.25) is 0 Å². The fraction of sp³-hybridized carbons (Fsp3) is 0. The lowest BCUT2D eigenvalue weighted by atomic mass is 10.4. The van der Waals surface area contributed by atoms with Gasteiger partial charge in [-0.2, -0.15) is 5.10 Å². The Morgan fingerprint density at radius 1 is 1.58 bits per heavy atom. The van der Waals surface area contributed by atoms with Crippen LogP contribution >= 0.6 is 15.9 Å². The van der Waals surface area contributed by atoms with Gasteiger partial charge in [0.1, 0.15) is 4.60 Å². The third kappa shape index (κ3) is 0.937. The third-order valence-electron chi connectivity index (χ3n) is 1.51. The number of halogens is 1. The predicted octanol–water partition coefficient (Wildman–Crippen LogP) is 1.30. The minimum atomic E-state index is 0.497. The number of aromatic nitrogens is 3. The van der Waals surface area contributed by atoms with Crippen molar-refractivity contribution in [2.45, 2.75) is 0 Å². The standard InChI is InChI=1S/C7H4BrN3O/c8-6-1-2-9-7-5(4-12)3-10-11(6)7/h1-4H. The van der Waals surface area contributed by atoms with Crippen LogP contribution in [0, 0.1) is 0 Å². The van der Waals surface area contributed by atoms with Gasteiger partial charge < -0.3 is 0 Å². The lowest BCUT2D eigenvalue weighted by Crippen LogP contribution is -1.91. The fourth-order valence-electron chi connectivity index (χ4n) is 0.963. The molecule has 0 aromatic carbocycles. The van der Waals surface area contributed by atoms with Gasteiger partial charge in [-0.1, -0.05) is 0 Å². The summed E-state index contributed by atoms with van der Waals surface area (Å²) in [5, 5.41) is 3.97. The molecule has 0 unspecified atom stereocenters. The van der Waals surface area contributed by atoms with E-state index >= 15 is 0 Å². The molecule has 0 spiro atoms. The quantitative estimate of drug-likeness (QED) is 0.543. The largest absolute Gasteiger partial charge is 0.298 e. The summed E-state index contributed by atoms with van der Waals surface area (Å²) in [6, 6.07) is 1.76. The molecule has 2 heterocycles. The van der Waals surface area contributed by atoms with Gasteiger partial charge in [0, 0.05) is 6.20 Å². The van der Waals surface area contributed by atoms with Crippen LogP contribution in [0.25, 0.3) is 5.65 Å². The van der Waals surface area contributed by atoms with Gasteiger partial charge in [0.15, 0.2) is 11.9 Å². The summed E-state index contributed by atoms with van der Waals surface area (Å²) in [7, 11) is 0. The fourth-order valence-corrected chi connectivity index (χ4v) is 1.34. The number of carbonyl (C=O) groups excluding carboxylic acids is 1. The molecule has 0 saturated carbocycles. The van der Waals surface area contributed by atoms with E-state index in [0.717, 1.165) is 10.9 Å². The van der Waals surface area contributed by atoms with Crippen molar-refractivity contribution in [3.8, 4) is 0 Å². The average molecular weight is 226 g/mol. The molecule has 12 heavy (non-hydrogen) atoms. The summed E-state index contributed by atoms with van der Waals surface area (Å²) in [4.78, 5) is 14.5.